The van der Waals surface area contributed by atoms with E-state index in [0.717, 1.165) is 0 Å². The van der Waals surface area contributed by atoms with E-state index in [1.165, 1.54) is 22.1 Å². The molecule has 1 fully saturated rings. The summed E-state index contributed by atoms with van der Waals surface area (Å²) >= 11 is 17.6. The van der Waals surface area contributed by atoms with Crippen LogP contribution < -0.4 is 5.73 Å². The summed E-state index contributed by atoms with van der Waals surface area (Å²) in [5.41, 5.74) is 5.74. The van der Waals surface area contributed by atoms with Gasteiger partial charge in [-0.05, 0) is 5.41 Å². The second-order valence-corrected chi connectivity index (χ2v) is 7.67. The molecule has 10 heteroatoms. The summed E-state index contributed by atoms with van der Waals surface area (Å²) in [6.45, 7) is -0.481. The van der Waals surface area contributed by atoms with Gasteiger partial charge in [0.2, 0.25) is 9.70 Å². The number of rotatable bonds is 3. The quantitative estimate of drug-likeness (QED) is 0.343. The Morgan fingerprint density at radius 2 is 2.20 bits per heavy atom. The largest absolute Gasteiger partial charge is 0.459 e. The first-order valence-corrected chi connectivity index (χ1v) is 7.46. The van der Waals surface area contributed by atoms with Crippen molar-refractivity contribution >= 4 is 64.7 Å². The van der Waals surface area contributed by atoms with E-state index < -0.39 is 39.7 Å². The number of esters is 1. The van der Waals surface area contributed by atoms with Gasteiger partial charge in [0.15, 0.2) is 6.04 Å². The number of hydrogen-bond acceptors (Lipinski definition) is 6. The Morgan fingerprint density at radius 1 is 1.55 bits per heavy atom. The average Bonchev–Trinajstić information content (AvgIpc) is 2.41. The van der Waals surface area contributed by atoms with Gasteiger partial charge in [0, 0.05) is 5.57 Å². The number of halogens is 3. The first-order valence-electron chi connectivity index (χ1n) is 5.38. The Kier molecular flexibility index (Phi) is 4.56. The molecule has 0 spiro atoms. The summed E-state index contributed by atoms with van der Waals surface area (Å²) in [6.07, 6.45) is 0.488. The van der Waals surface area contributed by atoms with E-state index >= 15 is 0 Å². The summed E-state index contributed by atoms with van der Waals surface area (Å²) in [5.74, 6) is -1.26. The number of hydrogen-bond donors (Lipinski definition) is 1. The van der Waals surface area contributed by atoms with Crippen LogP contribution in [0.2, 0.25) is 0 Å². The van der Waals surface area contributed by atoms with Crippen molar-refractivity contribution in [2.24, 2.45) is 5.73 Å². The van der Waals surface area contributed by atoms with Crippen molar-refractivity contribution in [2.45, 2.75) is 21.3 Å². The molecule has 2 aliphatic heterocycles. The van der Waals surface area contributed by atoms with Crippen LogP contribution in [0.4, 0.5) is 0 Å². The zero-order valence-electron chi connectivity index (χ0n) is 9.79. The van der Waals surface area contributed by atoms with Crippen LogP contribution in [0.25, 0.3) is 0 Å². The Bertz CT molecular complexity index is 493. The highest BCUT2D eigenvalue weighted by molar-refractivity contribution is 8.03. The third-order valence-corrected chi connectivity index (χ3v) is 4.33. The fourth-order valence-corrected chi connectivity index (χ4v) is 3.17. The van der Waals surface area contributed by atoms with Crippen LogP contribution in [0.5, 0.6) is 0 Å². The lowest BCUT2D eigenvalue weighted by Gasteiger charge is -2.49. The first-order chi connectivity index (χ1) is 9.26. The predicted molar refractivity (Wildman–Crippen MR) is 75.4 cm³/mol. The summed E-state index contributed by atoms with van der Waals surface area (Å²) in [6, 6.07) is -1.84. The Hall–Kier alpha value is -0.470. The number of amides is 1. The molecule has 0 aromatic heterocycles. The van der Waals surface area contributed by atoms with E-state index in [2.05, 4.69) is 0 Å². The Morgan fingerprint density at radius 3 is 2.75 bits per heavy atom. The number of nitrogens with two attached hydrogens (primary N) is 1. The van der Waals surface area contributed by atoms with Crippen LogP contribution in [-0.4, -0.2) is 50.9 Å². The maximum Gasteiger partial charge on any atom is 0.333 e. The van der Waals surface area contributed by atoms with E-state index in [-0.39, 0.29) is 5.57 Å². The van der Waals surface area contributed by atoms with Crippen molar-refractivity contribution in [2.75, 3.05) is 6.61 Å². The van der Waals surface area contributed by atoms with Crippen LogP contribution in [0.3, 0.4) is 0 Å². The van der Waals surface area contributed by atoms with Crippen molar-refractivity contribution in [3.05, 3.63) is 11.0 Å². The van der Waals surface area contributed by atoms with Crippen molar-refractivity contribution < 1.29 is 19.1 Å². The molecule has 2 aliphatic rings. The zero-order chi connectivity index (χ0) is 15.1. The summed E-state index contributed by atoms with van der Waals surface area (Å²) in [5, 5.41) is 1.10. The molecule has 0 aromatic rings. The molecule has 0 radical (unpaired) electrons. The second kappa shape index (κ2) is 5.73. The highest BCUT2D eigenvalue weighted by Crippen LogP contribution is 2.39. The molecular formula is C10H9Cl3N2O4S. The summed E-state index contributed by atoms with van der Waals surface area (Å²) in [7, 11) is 0. The lowest BCUT2D eigenvalue weighted by atomic mass is 9.99. The van der Waals surface area contributed by atoms with E-state index in [0.29, 0.717) is 6.29 Å². The normalized spacial score (nSPS) is 29.2. The van der Waals surface area contributed by atoms with E-state index in [1.54, 1.807) is 0 Å². The Labute approximate surface area is 133 Å². The van der Waals surface area contributed by atoms with Gasteiger partial charge >= 0.3 is 5.97 Å². The van der Waals surface area contributed by atoms with Gasteiger partial charge in [0.1, 0.15) is 24.3 Å². The number of carbonyl (C=O) groups is 3. The molecule has 2 rings (SSSR count). The average molecular weight is 360 g/mol. The molecule has 1 amide bonds. The third kappa shape index (κ3) is 2.92. The van der Waals surface area contributed by atoms with Gasteiger partial charge in [0.25, 0.3) is 0 Å². The maximum atomic E-state index is 12.0. The summed E-state index contributed by atoms with van der Waals surface area (Å²) in [4.78, 5) is 36.0. The molecule has 0 saturated carbocycles. The molecule has 6 nitrogen and oxygen atoms in total. The minimum Gasteiger partial charge on any atom is -0.459 e. The lowest BCUT2D eigenvalue weighted by Crippen LogP contribution is -2.72. The van der Waals surface area contributed by atoms with Gasteiger partial charge in [0.05, 0.1) is 0 Å². The number of aldehydes is 1. The van der Waals surface area contributed by atoms with Gasteiger partial charge in [-0.3, -0.25) is 9.59 Å². The topological polar surface area (TPSA) is 89.7 Å². The monoisotopic (exact) mass is 358 g/mol. The number of nitrogens with zero attached hydrogens (tertiary/aromatic N) is 1. The van der Waals surface area contributed by atoms with Gasteiger partial charge in [-0.25, -0.2) is 4.79 Å². The van der Waals surface area contributed by atoms with Crippen LogP contribution >= 0.6 is 46.6 Å². The number of ether oxygens (including phenoxy) is 1. The van der Waals surface area contributed by atoms with Crippen LogP contribution in [0.15, 0.2) is 11.0 Å². The molecule has 0 aromatic carbocycles. The number of β-lactam (4-membered cyclic amide) rings is 1. The first kappa shape index (κ1) is 15.9. The highest BCUT2D eigenvalue weighted by Gasteiger charge is 2.54. The van der Waals surface area contributed by atoms with Crippen LogP contribution in [0.1, 0.15) is 0 Å². The van der Waals surface area contributed by atoms with Crippen molar-refractivity contribution in [3.8, 4) is 0 Å². The number of fused-ring (bicyclic) bond motifs is 1. The third-order valence-electron chi connectivity index (χ3n) is 2.80. The number of carbonyl (C=O) groups excluding carboxylic acids is 3. The minimum absolute atomic E-state index is 0.112. The summed E-state index contributed by atoms with van der Waals surface area (Å²) < 4.78 is 3.07. The standard InChI is InChI=1S/C10H9Cl3N2O4S/c11-10(12,13)3-19-9(18)6-4(1-16)2-20-8-5(14)7(17)15(6)8/h1-2,5-6,8H,3,14H2/t5-,6?,8-/m1/s1. The molecule has 1 saturated heterocycles. The molecule has 0 aliphatic carbocycles. The Balaban J connectivity index is 2.16. The minimum atomic E-state index is -1.76. The maximum absolute atomic E-state index is 12.0. The zero-order valence-corrected chi connectivity index (χ0v) is 12.9. The van der Waals surface area contributed by atoms with E-state index in [1.807, 2.05) is 0 Å². The van der Waals surface area contributed by atoms with Gasteiger partial charge < -0.3 is 15.4 Å². The molecule has 3 atom stereocenters. The SMILES string of the molecule is N[C@@H]1C(=O)N2C(C(=O)OCC(Cl)(Cl)Cl)C(C=O)=CS[C@H]12. The molecule has 2 N–H and O–H groups in total. The number of alkyl halides is 3. The molecule has 1 unspecified atom stereocenters. The fourth-order valence-electron chi connectivity index (χ4n) is 1.88. The fraction of sp³-hybridized carbons (Fsp3) is 0.500. The van der Waals surface area contributed by atoms with E-state index in [9.17, 15) is 14.4 Å². The van der Waals surface area contributed by atoms with Crippen LogP contribution in [0, 0.1) is 0 Å². The van der Waals surface area contributed by atoms with Crippen molar-refractivity contribution in [3.63, 3.8) is 0 Å². The van der Waals surface area contributed by atoms with Crippen molar-refractivity contribution in [1.29, 1.82) is 0 Å². The molecule has 2 heterocycles. The molecule has 0 bridgehead atoms. The second-order valence-electron chi connectivity index (χ2n) is 4.16. The van der Waals surface area contributed by atoms with Gasteiger partial charge in [-0.2, -0.15) is 0 Å². The lowest BCUT2D eigenvalue weighted by molar-refractivity contribution is -0.161. The molecule has 110 valence electrons. The predicted octanol–water partition coefficient (Wildman–Crippen LogP) is 0.594. The molecule has 20 heavy (non-hydrogen) atoms. The van der Waals surface area contributed by atoms with E-state index in [4.69, 9.17) is 45.3 Å². The van der Waals surface area contributed by atoms with Crippen LogP contribution in [-0.2, 0) is 19.1 Å². The van der Waals surface area contributed by atoms with Gasteiger partial charge in [-0.1, -0.05) is 34.8 Å². The molecular weight excluding hydrogens is 351 g/mol. The highest BCUT2D eigenvalue weighted by atomic mass is 35.6. The van der Waals surface area contributed by atoms with Crippen molar-refractivity contribution in [1.82, 2.24) is 4.90 Å². The van der Waals surface area contributed by atoms with Gasteiger partial charge in [-0.15, -0.1) is 11.8 Å². The smallest absolute Gasteiger partial charge is 0.333 e. The number of thioether (sulfide) groups is 1.